The Labute approximate surface area is 158 Å². The van der Waals surface area contributed by atoms with E-state index in [1.54, 1.807) is 6.07 Å². The number of nitrogens with one attached hydrogen (secondary N) is 2. The van der Waals surface area contributed by atoms with E-state index >= 15 is 0 Å². The monoisotopic (exact) mass is 383 g/mol. The molecule has 0 atom stereocenters. The average molecular weight is 384 g/mol. The zero-order valence-electron chi connectivity index (χ0n) is 14.8. The van der Waals surface area contributed by atoms with Gasteiger partial charge >= 0.3 is 6.03 Å². The highest BCUT2D eigenvalue weighted by Crippen LogP contribution is 2.30. The highest BCUT2D eigenvalue weighted by molar-refractivity contribution is 6.31. The van der Waals surface area contributed by atoms with Crippen LogP contribution in [0.15, 0.2) is 18.2 Å². The predicted octanol–water partition coefficient (Wildman–Crippen LogP) is 2.23. The zero-order chi connectivity index (χ0) is 18.4. The van der Waals surface area contributed by atoms with Crippen molar-refractivity contribution in [3.63, 3.8) is 0 Å². The van der Waals surface area contributed by atoms with Gasteiger partial charge in [0.25, 0.3) is 0 Å². The van der Waals surface area contributed by atoms with Gasteiger partial charge in [0.05, 0.1) is 24.6 Å². The summed E-state index contributed by atoms with van der Waals surface area (Å²) in [5.74, 6) is 0. The van der Waals surface area contributed by atoms with Crippen LogP contribution < -0.4 is 15.5 Å². The second kappa shape index (κ2) is 8.90. The molecule has 26 heavy (non-hydrogen) atoms. The molecular formula is C18H26ClN3O4. The molecule has 7 nitrogen and oxygen atoms in total. The molecule has 0 spiro atoms. The topological polar surface area (TPSA) is 83.1 Å². The van der Waals surface area contributed by atoms with E-state index in [0.29, 0.717) is 56.4 Å². The van der Waals surface area contributed by atoms with Gasteiger partial charge in [-0.05, 0) is 37.5 Å². The van der Waals surface area contributed by atoms with Gasteiger partial charge in [0.1, 0.15) is 0 Å². The number of aliphatic hydroxyl groups excluding tert-OH is 1. The van der Waals surface area contributed by atoms with Crippen LogP contribution in [0, 0.1) is 0 Å². The Balaban J connectivity index is 1.72. The van der Waals surface area contributed by atoms with Crippen molar-refractivity contribution >= 4 is 29.0 Å². The third-order valence-electron chi connectivity index (χ3n) is 4.98. The summed E-state index contributed by atoms with van der Waals surface area (Å²) in [6.45, 7) is 4.04. The number of benzene rings is 1. The Hall–Kier alpha value is -1.54. The van der Waals surface area contributed by atoms with Crippen LogP contribution in [0.3, 0.4) is 0 Å². The summed E-state index contributed by atoms with van der Waals surface area (Å²) < 4.78 is 10.8. The molecule has 2 fully saturated rings. The lowest BCUT2D eigenvalue weighted by Crippen LogP contribution is -2.53. The summed E-state index contributed by atoms with van der Waals surface area (Å²) in [5.41, 5.74) is 1.16. The highest BCUT2D eigenvalue weighted by Gasteiger charge is 2.33. The Morgan fingerprint density at radius 2 is 1.88 bits per heavy atom. The first kappa shape index (κ1) is 19.2. The molecule has 2 aliphatic heterocycles. The van der Waals surface area contributed by atoms with Crippen LogP contribution >= 0.6 is 11.6 Å². The number of aliphatic hydroxyl groups is 1. The van der Waals surface area contributed by atoms with Gasteiger partial charge in [-0.2, -0.15) is 0 Å². The molecule has 1 aromatic carbocycles. The number of halogens is 1. The van der Waals surface area contributed by atoms with E-state index in [0.717, 1.165) is 18.8 Å². The van der Waals surface area contributed by atoms with Gasteiger partial charge in [-0.15, -0.1) is 0 Å². The molecule has 2 heterocycles. The van der Waals surface area contributed by atoms with E-state index in [1.165, 1.54) is 0 Å². The van der Waals surface area contributed by atoms with Gasteiger partial charge < -0.3 is 30.1 Å². The fourth-order valence-corrected chi connectivity index (χ4v) is 3.67. The number of carbonyl (C=O) groups is 1. The van der Waals surface area contributed by atoms with Crippen LogP contribution in [-0.4, -0.2) is 62.8 Å². The lowest BCUT2D eigenvalue weighted by atomic mass is 9.87. The summed E-state index contributed by atoms with van der Waals surface area (Å²) in [5, 5.41) is 15.9. The van der Waals surface area contributed by atoms with Crippen LogP contribution in [-0.2, 0) is 9.47 Å². The molecular weight excluding hydrogens is 358 g/mol. The number of anilines is 2. The van der Waals surface area contributed by atoms with Gasteiger partial charge in [-0.3, -0.25) is 0 Å². The zero-order valence-corrected chi connectivity index (χ0v) is 15.6. The first-order valence-electron chi connectivity index (χ1n) is 9.02. The largest absolute Gasteiger partial charge is 0.396 e. The molecule has 2 aliphatic rings. The molecule has 3 N–H and O–H groups in total. The minimum absolute atomic E-state index is 0.0243. The fourth-order valence-electron chi connectivity index (χ4n) is 3.50. The number of ether oxygens (including phenoxy) is 2. The first-order chi connectivity index (χ1) is 12.6. The van der Waals surface area contributed by atoms with Gasteiger partial charge in [0, 0.05) is 43.5 Å². The predicted molar refractivity (Wildman–Crippen MR) is 101 cm³/mol. The third kappa shape index (κ3) is 4.79. The number of hydrogen-bond acceptors (Lipinski definition) is 5. The van der Waals surface area contributed by atoms with Crippen LogP contribution in [0.5, 0.6) is 0 Å². The van der Waals surface area contributed by atoms with Crippen molar-refractivity contribution in [3.05, 3.63) is 23.2 Å². The molecule has 2 saturated heterocycles. The molecule has 0 aromatic heterocycles. The van der Waals surface area contributed by atoms with Crippen molar-refractivity contribution in [1.82, 2.24) is 5.32 Å². The van der Waals surface area contributed by atoms with Crippen LogP contribution in [0.1, 0.15) is 19.3 Å². The number of nitrogens with zero attached hydrogens (tertiary/aromatic N) is 1. The smallest absolute Gasteiger partial charge is 0.319 e. The summed E-state index contributed by atoms with van der Waals surface area (Å²) in [4.78, 5) is 14.9. The molecule has 1 aromatic rings. The van der Waals surface area contributed by atoms with E-state index in [4.69, 9.17) is 21.1 Å². The Morgan fingerprint density at radius 3 is 2.58 bits per heavy atom. The number of amides is 2. The second-order valence-electron chi connectivity index (χ2n) is 6.71. The average Bonchev–Trinajstić information content (AvgIpc) is 2.63. The Bertz CT molecular complexity index is 611. The van der Waals surface area contributed by atoms with Crippen molar-refractivity contribution in [2.45, 2.75) is 24.8 Å². The number of hydrogen-bond donors (Lipinski definition) is 3. The molecule has 144 valence electrons. The SMILES string of the molecule is O=C(Nc1cc(Cl)ccc1N1CCOCC1)NC1(CCO)CCOCC1. The summed E-state index contributed by atoms with van der Waals surface area (Å²) in [6.07, 6.45) is 1.88. The molecule has 0 radical (unpaired) electrons. The quantitative estimate of drug-likeness (QED) is 0.726. The number of carbonyl (C=O) groups excluding carboxylic acids is 1. The van der Waals surface area contributed by atoms with Crippen LogP contribution in [0.25, 0.3) is 0 Å². The number of rotatable bonds is 5. The van der Waals surface area contributed by atoms with Crippen LogP contribution in [0.2, 0.25) is 5.02 Å². The van der Waals surface area contributed by atoms with E-state index in [9.17, 15) is 9.90 Å². The van der Waals surface area contributed by atoms with Gasteiger partial charge in [0.2, 0.25) is 0 Å². The fraction of sp³-hybridized carbons (Fsp3) is 0.611. The maximum atomic E-state index is 12.7. The van der Waals surface area contributed by atoms with Crippen molar-refractivity contribution in [1.29, 1.82) is 0 Å². The molecule has 8 heteroatoms. The molecule has 0 saturated carbocycles. The summed E-state index contributed by atoms with van der Waals surface area (Å²) >= 11 is 6.14. The van der Waals surface area contributed by atoms with Crippen LogP contribution in [0.4, 0.5) is 16.2 Å². The standard InChI is InChI=1S/C18H26ClN3O4/c19-14-1-2-16(22-6-11-26-12-7-22)15(13-14)20-17(24)21-18(3-8-23)4-9-25-10-5-18/h1-2,13,23H,3-12H2,(H2,20,21,24). The Kier molecular flexibility index (Phi) is 6.58. The third-order valence-corrected chi connectivity index (χ3v) is 5.21. The first-order valence-corrected chi connectivity index (χ1v) is 9.40. The minimum atomic E-state index is -0.436. The lowest BCUT2D eigenvalue weighted by molar-refractivity contribution is 0.0330. The van der Waals surface area contributed by atoms with Gasteiger partial charge in [0.15, 0.2) is 0 Å². The van der Waals surface area contributed by atoms with Gasteiger partial charge in [-0.1, -0.05) is 11.6 Å². The summed E-state index contributed by atoms with van der Waals surface area (Å²) in [7, 11) is 0. The number of urea groups is 1. The number of morpholine rings is 1. The van der Waals surface area contributed by atoms with Crippen molar-refractivity contribution in [3.8, 4) is 0 Å². The molecule has 0 aliphatic carbocycles. The van der Waals surface area contributed by atoms with E-state index < -0.39 is 5.54 Å². The highest BCUT2D eigenvalue weighted by atomic mass is 35.5. The van der Waals surface area contributed by atoms with Crippen molar-refractivity contribution in [2.24, 2.45) is 0 Å². The minimum Gasteiger partial charge on any atom is -0.396 e. The normalized spacial score (nSPS) is 19.8. The molecule has 2 amide bonds. The Morgan fingerprint density at radius 1 is 1.19 bits per heavy atom. The van der Waals surface area contributed by atoms with Crippen molar-refractivity contribution in [2.75, 3.05) is 56.3 Å². The summed E-state index contributed by atoms with van der Waals surface area (Å²) in [6, 6.07) is 5.20. The van der Waals surface area contributed by atoms with Gasteiger partial charge in [-0.25, -0.2) is 4.79 Å². The van der Waals surface area contributed by atoms with E-state index in [2.05, 4.69) is 15.5 Å². The molecule has 3 rings (SSSR count). The van der Waals surface area contributed by atoms with E-state index in [-0.39, 0.29) is 12.6 Å². The van der Waals surface area contributed by atoms with E-state index in [1.807, 2.05) is 12.1 Å². The maximum absolute atomic E-state index is 12.7. The lowest BCUT2D eigenvalue weighted by Gasteiger charge is -2.38. The molecule has 0 unspecified atom stereocenters. The van der Waals surface area contributed by atoms with Crippen molar-refractivity contribution < 1.29 is 19.4 Å². The molecule has 0 bridgehead atoms. The maximum Gasteiger partial charge on any atom is 0.319 e. The second-order valence-corrected chi connectivity index (χ2v) is 7.14.